The number of alkyl halides is 1. The molecule has 12 nitrogen and oxygen atoms in total. The van der Waals surface area contributed by atoms with Crippen molar-refractivity contribution in [2.24, 2.45) is 5.41 Å². The predicted octanol–water partition coefficient (Wildman–Crippen LogP) is 8.99. The maximum absolute atomic E-state index is 14.1. The number of unbranched alkanes of at least 4 members (excludes halogenated alkanes) is 2. The molecule has 3 atom stereocenters. The molecule has 2 fully saturated rings. The number of rotatable bonds is 21. The average molecular weight is 1000 g/mol. The van der Waals surface area contributed by atoms with Crippen molar-refractivity contribution in [2.75, 3.05) is 51.8 Å². The van der Waals surface area contributed by atoms with Crippen LogP contribution in [0.15, 0.2) is 115 Å². The Bertz CT molecular complexity index is 2560. The molecule has 14 heteroatoms. The molecule has 3 heterocycles. The van der Waals surface area contributed by atoms with Crippen LogP contribution in [-0.2, 0) is 25.7 Å². The van der Waals surface area contributed by atoms with Crippen molar-refractivity contribution in [3.8, 4) is 16.2 Å². The number of aliphatic hydroxyl groups is 1. The summed E-state index contributed by atoms with van der Waals surface area (Å²) in [5.41, 5.74) is 9.87. The van der Waals surface area contributed by atoms with E-state index in [-0.39, 0.29) is 43.7 Å². The second-order valence-corrected chi connectivity index (χ2v) is 20.9. The van der Waals surface area contributed by atoms with E-state index in [9.17, 15) is 24.3 Å². The van der Waals surface area contributed by atoms with Gasteiger partial charge in [-0.2, -0.15) is 0 Å². The zero-order valence-corrected chi connectivity index (χ0v) is 43.2. The molecule has 2 aliphatic heterocycles. The lowest BCUT2D eigenvalue weighted by Gasteiger charge is -2.35. The number of amides is 4. The summed E-state index contributed by atoms with van der Waals surface area (Å²) < 4.78 is 6.20. The highest BCUT2D eigenvalue weighted by atomic mass is 35.5. The lowest BCUT2D eigenvalue weighted by molar-refractivity contribution is -0.144. The zero-order chi connectivity index (χ0) is 50.3. The Labute approximate surface area is 428 Å². The number of β-amino-alcohol motifs (C(OH)–C–C–N with tert-alkyl or cyclic N) is 1. The lowest BCUT2D eigenvalue weighted by Crippen LogP contribution is -2.57. The summed E-state index contributed by atoms with van der Waals surface area (Å²) in [6.45, 7) is 12.1. The molecule has 3 unspecified atom stereocenters. The van der Waals surface area contributed by atoms with Gasteiger partial charge in [-0.3, -0.25) is 24.1 Å². The van der Waals surface area contributed by atoms with E-state index >= 15 is 0 Å². The van der Waals surface area contributed by atoms with Gasteiger partial charge in [0.05, 0.1) is 22.2 Å². The van der Waals surface area contributed by atoms with Gasteiger partial charge in [0.15, 0.2) is 0 Å². The molecule has 71 heavy (non-hydrogen) atoms. The first-order valence-corrected chi connectivity index (χ1v) is 26.4. The van der Waals surface area contributed by atoms with Crippen molar-refractivity contribution < 1.29 is 29.0 Å². The topological polar surface area (TPSA) is 144 Å². The third-order valence-electron chi connectivity index (χ3n) is 13.4. The molecule has 2 aliphatic rings. The molecule has 0 spiro atoms. The van der Waals surface area contributed by atoms with Crippen LogP contribution in [0.3, 0.4) is 0 Å². The number of aryl methyl sites for hydroxylation is 1. The Hall–Kier alpha value is -5.86. The molecule has 3 N–H and O–H groups in total. The number of carbonyl (C=O) groups is 4. The van der Waals surface area contributed by atoms with E-state index in [1.165, 1.54) is 10.5 Å². The quantitative estimate of drug-likeness (QED) is 0.0376. The predicted molar refractivity (Wildman–Crippen MR) is 284 cm³/mol. The van der Waals surface area contributed by atoms with Crippen molar-refractivity contribution >= 4 is 57.7 Å². The van der Waals surface area contributed by atoms with Gasteiger partial charge in [0, 0.05) is 71.0 Å². The number of halogens is 1. The molecule has 7 rings (SSSR count). The van der Waals surface area contributed by atoms with Crippen LogP contribution in [0.5, 0.6) is 5.75 Å². The Balaban J connectivity index is 0.801. The van der Waals surface area contributed by atoms with E-state index in [1.54, 1.807) is 11.3 Å². The molecule has 376 valence electrons. The number of hydrogen-bond acceptors (Lipinski definition) is 9. The van der Waals surface area contributed by atoms with E-state index in [2.05, 4.69) is 81.2 Å². The normalized spacial score (nSPS) is 17.1. The first-order chi connectivity index (χ1) is 34.3. The summed E-state index contributed by atoms with van der Waals surface area (Å²) in [6.07, 6.45) is 2.58. The minimum Gasteiger partial charge on any atom is -0.492 e. The van der Waals surface area contributed by atoms with Crippen LogP contribution in [0.1, 0.15) is 93.7 Å². The number of aromatic nitrogens is 1. The number of allylic oxidation sites excluding steroid dienone is 1. The van der Waals surface area contributed by atoms with Crippen LogP contribution in [0.2, 0.25) is 0 Å². The molecule has 4 aromatic carbocycles. The van der Waals surface area contributed by atoms with Crippen LogP contribution in [-0.4, -0.2) is 118 Å². The lowest BCUT2D eigenvalue weighted by atomic mass is 9.85. The molecule has 0 aliphatic carbocycles. The van der Waals surface area contributed by atoms with E-state index in [4.69, 9.17) is 16.3 Å². The molecule has 1 aromatic heterocycles. The largest absolute Gasteiger partial charge is 0.492 e. The maximum Gasteiger partial charge on any atom is 0.246 e. The van der Waals surface area contributed by atoms with Crippen LogP contribution in [0.4, 0.5) is 0 Å². The van der Waals surface area contributed by atoms with E-state index in [0.29, 0.717) is 51.3 Å². The van der Waals surface area contributed by atoms with Gasteiger partial charge in [-0.15, -0.1) is 22.9 Å². The van der Waals surface area contributed by atoms with Crippen LogP contribution in [0.25, 0.3) is 21.6 Å². The number of piperazine rings is 1. The van der Waals surface area contributed by atoms with Gasteiger partial charge in [-0.05, 0) is 82.7 Å². The number of carbonyl (C=O) groups excluding carboxylic acids is 4. The summed E-state index contributed by atoms with van der Waals surface area (Å²) in [6, 6.07) is 35.3. The highest BCUT2D eigenvalue weighted by molar-refractivity contribution is 7.13. The number of aliphatic hydroxyl groups excluding tert-OH is 1. The molecule has 5 aromatic rings. The second-order valence-electron chi connectivity index (χ2n) is 19.6. The minimum absolute atomic E-state index is 0.0113. The zero-order valence-electron chi connectivity index (χ0n) is 41.6. The van der Waals surface area contributed by atoms with Gasteiger partial charge in [0.25, 0.3) is 0 Å². The Morgan fingerprint density at radius 3 is 2.10 bits per heavy atom. The van der Waals surface area contributed by atoms with Crippen molar-refractivity contribution in [1.82, 2.24) is 30.3 Å². The fraction of sp³-hybridized carbons (Fsp3) is 0.421. The van der Waals surface area contributed by atoms with Crippen LogP contribution >= 0.6 is 22.9 Å². The number of nitrogens with zero attached hydrogens (tertiary/aromatic N) is 4. The molecule has 0 bridgehead atoms. The summed E-state index contributed by atoms with van der Waals surface area (Å²) in [5, 5.41) is 16.5. The van der Waals surface area contributed by atoms with Crippen LogP contribution in [0, 0.1) is 12.3 Å². The number of hydrogen-bond donors (Lipinski definition) is 3. The van der Waals surface area contributed by atoms with Gasteiger partial charge in [-0.25, -0.2) is 4.98 Å². The molecule has 4 amide bonds. The first-order valence-electron chi connectivity index (χ1n) is 25.0. The van der Waals surface area contributed by atoms with Gasteiger partial charge >= 0.3 is 0 Å². The molecular weight excluding hydrogens is 932 g/mol. The number of thiazole rings is 1. The smallest absolute Gasteiger partial charge is 0.246 e. The Morgan fingerprint density at radius 1 is 0.817 bits per heavy atom. The van der Waals surface area contributed by atoms with Crippen LogP contribution < -0.4 is 15.4 Å². The average Bonchev–Trinajstić information content (AvgIpc) is 4.00. The van der Waals surface area contributed by atoms with Crippen molar-refractivity contribution in [3.05, 3.63) is 143 Å². The number of nitrogens with one attached hydrogen (secondary N) is 2. The monoisotopic (exact) mass is 1000 g/mol. The summed E-state index contributed by atoms with van der Waals surface area (Å²) in [7, 11) is 0. The fourth-order valence-corrected chi connectivity index (χ4v) is 10.4. The van der Waals surface area contributed by atoms with Gasteiger partial charge in [0.1, 0.15) is 24.4 Å². The highest BCUT2D eigenvalue weighted by Crippen LogP contribution is 2.36. The summed E-state index contributed by atoms with van der Waals surface area (Å²) >= 11 is 7.92. The Kier molecular flexibility index (Phi) is 19.0. The number of benzene rings is 4. The fourth-order valence-electron chi connectivity index (χ4n) is 9.41. The summed E-state index contributed by atoms with van der Waals surface area (Å²) in [5.74, 6) is 0.455. The van der Waals surface area contributed by atoms with E-state index in [0.717, 1.165) is 75.8 Å². The highest BCUT2D eigenvalue weighted by Gasteiger charge is 2.44. The van der Waals surface area contributed by atoms with Gasteiger partial charge in [0.2, 0.25) is 23.6 Å². The maximum atomic E-state index is 14.1. The standard InChI is InChI=1S/C57H69ClN6O6S/c1-40-53(71-39-60-40)45-22-20-41(21-23-45)37-59-55(68)49-36-46(65)38-64(49)56(69)54(57(2,3)4)61-50(66)18-12-7-13-19-51(67)63-32-30-62(31-33-63)34-35-70-47-26-24-44(25-27-47)52(43-16-10-6-11-17-43)48(28-29-58)42-14-8-5-9-15-42/h5-6,8-11,14-17,20-27,39,46,49,54,65H,7,12-13,18-19,28-38H2,1-4H3,(H,59,68)(H,61,66)/b52-48-. The molecular formula is C57H69ClN6O6S. The molecule has 2 saturated heterocycles. The van der Waals surface area contributed by atoms with Gasteiger partial charge < -0.3 is 30.3 Å². The third-order valence-corrected chi connectivity index (χ3v) is 14.5. The van der Waals surface area contributed by atoms with E-state index in [1.807, 2.05) is 86.6 Å². The summed E-state index contributed by atoms with van der Waals surface area (Å²) in [4.78, 5) is 65.1. The molecule has 0 saturated carbocycles. The van der Waals surface area contributed by atoms with Gasteiger partial charge in [-0.1, -0.05) is 124 Å². The number of ether oxygens (including phenoxy) is 1. The first kappa shape index (κ1) is 53.0. The SMILES string of the molecule is Cc1ncsc1-c1ccc(CNC(=O)C2CC(O)CN2C(=O)C(NC(=O)CCCCCC(=O)N2CCN(CCOc3ccc(/C(=C(/CCCl)c4ccccc4)c4ccccc4)cc3)CC2)C(C)(C)C)cc1. The van der Waals surface area contributed by atoms with E-state index < -0.39 is 29.5 Å². The third kappa shape index (κ3) is 14.6. The second kappa shape index (κ2) is 25.5. The van der Waals surface area contributed by atoms with Crippen molar-refractivity contribution in [1.29, 1.82) is 0 Å². The number of likely N-dealkylation sites (tertiary alicyclic amines) is 1. The van der Waals surface area contributed by atoms with Crippen molar-refractivity contribution in [3.63, 3.8) is 0 Å². The van der Waals surface area contributed by atoms with Crippen molar-refractivity contribution in [2.45, 2.75) is 97.4 Å². The molecule has 0 radical (unpaired) electrons. The minimum atomic E-state index is -0.895. The Morgan fingerprint density at radius 2 is 1.46 bits per heavy atom.